The summed E-state index contributed by atoms with van der Waals surface area (Å²) in [7, 11) is 0. The third-order valence-electron chi connectivity index (χ3n) is 3.19. The predicted molar refractivity (Wildman–Crippen MR) is 76.5 cm³/mol. The highest BCUT2D eigenvalue weighted by atomic mass is 16.5. The maximum Gasteiger partial charge on any atom is 0.306 e. The van der Waals surface area contributed by atoms with Gasteiger partial charge in [-0.05, 0) is 29.4 Å². The smallest absolute Gasteiger partial charge is 0.306 e. The van der Waals surface area contributed by atoms with Crippen LogP contribution in [0.25, 0.3) is 0 Å². The molecular formula is C16H24O3. The fourth-order valence-electron chi connectivity index (χ4n) is 2.08. The van der Waals surface area contributed by atoms with E-state index in [0.29, 0.717) is 18.8 Å². The number of benzene rings is 1. The molecule has 0 saturated carbocycles. The van der Waals surface area contributed by atoms with Crippen molar-refractivity contribution < 1.29 is 14.6 Å². The van der Waals surface area contributed by atoms with Crippen molar-refractivity contribution >= 4 is 5.97 Å². The lowest BCUT2D eigenvalue weighted by Crippen LogP contribution is -2.09. The molecule has 3 nitrogen and oxygen atoms in total. The van der Waals surface area contributed by atoms with Crippen molar-refractivity contribution in [2.45, 2.75) is 52.4 Å². The van der Waals surface area contributed by atoms with E-state index in [-0.39, 0.29) is 17.8 Å². The van der Waals surface area contributed by atoms with E-state index in [9.17, 15) is 9.90 Å². The molecule has 0 amide bonds. The Morgan fingerprint density at radius 1 is 1.26 bits per heavy atom. The number of esters is 1. The minimum absolute atomic E-state index is 0.0388. The molecule has 0 bridgehead atoms. The molecule has 1 rings (SSSR count). The van der Waals surface area contributed by atoms with Crippen LogP contribution in [0.1, 0.15) is 63.5 Å². The molecule has 0 fully saturated rings. The highest BCUT2D eigenvalue weighted by Crippen LogP contribution is 2.34. The number of ether oxygens (including phenoxy) is 1. The Morgan fingerprint density at radius 3 is 2.47 bits per heavy atom. The summed E-state index contributed by atoms with van der Waals surface area (Å²) >= 11 is 0. The molecular weight excluding hydrogens is 240 g/mol. The molecule has 0 aliphatic heterocycles. The van der Waals surface area contributed by atoms with E-state index in [4.69, 9.17) is 4.74 Å². The number of carbonyl (C=O) groups is 1. The Balaban J connectivity index is 2.79. The fourth-order valence-corrected chi connectivity index (χ4v) is 2.08. The van der Waals surface area contributed by atoms with Crippen LogP contribution in [0.5, 0.6) is 5.75 Å². The molecule has 1 N–H and O–H groups in total. The molecule has 3 heteroatoms. The summed E-state index contributed by atoms with van der Waals surface area (Å²) < 4.78 is 5.08. The molecule has 0 saturated heterocycles. The third-order valence-corrected chi connectivity index (χ3v) is 3.19. The first kappa shape index (κ1) is 15.5. The number of hydrogen-bond acceptors (Lipinski definition) is 3. The van der Waals surface area contributed by atoms with Gasteiger partial charge in [0.25, 0.3) is 0 Å². The van der Waals surface area contributed by atoms with Gasteiger partial charge in [-0.2, -0.15) is 0 Å². The van der Waals surface area contributed by atoms with Crippen LogP contribution < -0.4 is 0 Å². The number of carbonyl (C=O) groups excluding carboxylic acids is 1. The second-order valence-corrected chi connectivity index (χ2v) is 5.27. The Bertz CT molecular complexity index is 424. The van der Waals surface area contributed by atoms with Gasteiger partial charge in [0, 0.05) is 0 Å². The summed E-state index contributed by atoms with van der Waals surface area (Å²) in [5, 5.41) is 10.3. The lowest BCUT2D eigenvalue weighted by atomic mass is 9.91. The molecule has 1 unspecified atom stereocenters. The largest absolute Gasteiger partial charge is 0.507 e. The molecule has 0 spiro atoms. The number of hydrogen-bond donors (Lipinski definition) is 1. The second-order valence-electron chi connectivity index (χ2n) is 5.27. The van der Waals surface area contributed by atoms with Crippen molar-refractivity contribution in [3.8, 4) is 5.75 Å². The highest BCUT2D eigenvalue weighted by Gasteiger charge is 2.18. The van der Waals surface area contributed by atoms with Crippen molar-refractivity contribution in [3.05, 3.63) is 29.3 Å². The molecule has 1 aromatic rings. The zero-order chi connectivity index (χ0) is 14.4. The van der Waals surface area contributed by atoms with Gasteiger partial charge < -0.3 is 9.84 Å². The number of aromatic hydroxyl groups is 1. The summed E-state index contributed by atoms with van der Waals surface area (Å²) in [6.45, 7) is 8.45. The Kier molecular flexibility index (Phi) is 5.87. The molecule has 19 heavy (non-hydrogen) atoms. The van der Waals surface area contributed by atoms with Gasteiger partial charge in [0.05, 0.1) is 13.0 Å². The molecule has 0 heterocycles. The van der Waals surface area contributed by atoms with E-state index >= 15 is 0 Å². The van der Waals surface area contributed by atoms with Crippen molar-refractivity contribution in [2.75, 3.05) is 6.61 Å². The topological polar surface area (TPSA) is 46.5 Å². The van der Waals surface area contributed by atoms with Crippen LogP contribution in [-0.4, -0.2) is 17.7 Å². The molecule has 0 aliphatic carbocycles. The minimum Gasteiger partial charge on any atom is -0.507 e. The molecule has 106 valence electrons. The lowest BCUT2D eigenvalue weighted by molar-refractivity contribution is -0.144. The van der Waals surface area contributed by atoms with Crippen molar-refractivity contribution in [2.24, 2.45) is 0 Å². The van der Waals surface area contributed by atoms with Crippen molar-refractivity contribution in [1.29, 1.82) is 0 Å². The van der Waals surface area contributed by atoms with Crippen molar-refractivity contribution in [1.82, 2.24) is 0 Å². The van der Waals surface area contributed by atoms with Gasteiger partial charge >= 0.3 is 5.97 Å². The molecule has 0 aliphatic rings. The quantitative estimate of drug-likeness (QED) is 0.791. The highest BCUT2D eigenvalue weighted by molar-refractivity contribution is 5.70. The van der Waals surface area contributed by atoms with E-state index in [2.05, 4.69) is 0 Å². The lowest BCUT2D eigenvalue weighted by Gasteiger charge is -2.17. The van der Waals surface area contributed by atoms with Gasteiger partial charge in [-0.3, -0.25) is 4.79 Å². The average molecular weight is 264 g/mol. The number of rotatable bonds is 6. The second kappa shape index (κ2) is 7.17. The standard InChI is InChI=1S/C16H24O3/c1-5-9-19-15(17)10-12(4)14-8-6-7-13(11(2)3)16(14)18/h6-8,11-12,18H,5,9-10H2,1-4H3. The molecule has 1 aromatic carbocycles. The van der Waals surface area contributed by atoms with Crippen LogP contribution in [0.3, 0.4) is 0 Å². The van der Waals surface area contributed by atoms with Crippen LogP contribution in [0.2, 0.25) is 0 Å². The summed E-state index contributed by atoms with van der Waals surface area (Å²) in [4.78, 5) is 11.6. The average Bonchev–Trinajstić information content (AvgIpc) is 2.36. The Morgan fingerprint density at radius 2 is 1.89 bits per heavy atom. The summed E-state index contributed by atoms with van der Waals surface area (Å²) in [5.74, 6) is 0.333. The fraction of sp³-hybridized carbons (Fsp3) is 0.562. The van der Waals surface area contributed by atoms with Crippen LogP contribution in [-0.2, 0) is 9.53 Å². The van der Waals surface area contributed by atoms with Crippen LogP contribution >= 0.6 is 0 Å². The summed E-state index contributed by atoms with van der Waals surface area (Å²) in [6.07, 6.45) is 1.13. The SMILES string of the molecule is CCCOC(=O)CC(C)c1cccc(C(C)C)c1O. The first-order valence-corrected chi connectivity index (χ1v) is 6.94. The van der Waals surface area contributed by atoms with Crippen molar-refractivity contribution in [3.63, 3.8) is 0 Å². The third kappa shape index (κ3) is 4.27. The van der Waals surface area contributed by atoms with Gasteiger partial charge in [-0.25, -0.2) is 0 Å². The number of para-hydroxylation sites is 1. The maximum absolute atomic E-state index is 11.6. The van der Waals surface area contributed by atoms with E-state index in [1.165, 1.54) is 0 Å². The monoisotopic (exact) mass is 264 g/mol. The van der Waals surface area contributed by atoms with E-state index < -0.39 is 0 Å². The first-order valence-electron chi connectivity index (χ1n) is 6.94. The van der Waals surface area contributed by atoms with E-state index in [0.717, 1.165) is 17.5 Å². The molecule has 1 atom stereocenters. The molecule has 0 radical (unpaired) electrons. The van der Waals surface area contributed by atoms with Gasteiger partial charge in [0.2, 0.25) is 0 Å². The Labute approximate surface area is 115 Å². The summed E-state index contributed by atoms with van der Waals surface area (Å²) in [6, 6.07) is 5.73. The predicted octanol–water partition coefficient (Wildman–Crippen LogP) is 3.96. The van der Waals surface area contributed by atoms with Crippen LogP contribution in [0, 0.1) is 0 Å². The van der Waals surface area contributed by atoms with Gasteiger partial charge in [0.15, 0.2) is 0 Å². The van der Waals surface area contributed by atoms with E-state index in [1.54, 1.807) is 0 Å². The minimum atomic E-state index is -0.205. The van der Waals surface area contributed by atoms with Gasteiger partial charge in [0.1, 0.15) is 5.75 Å². The van der Waals surface area contributed by atoms with E-state index in [1.807, 2.05) is 45.9 Å². The van der Waals surface area contributed by atoms with Crippen LogP contribution in [0.15, 0.2) is 18.2 Å². The Hall–Kier alpha value is -1.51. The van der Waals surface area contributed by atoms with Crippen LogP contribution in [0.4, 0.5) is 0 Å². The zero-order valence-corrected chi connectivity index (χ0v) is 12.3. The first-order chi connectivity index (χ1) is 8.97. The summed E-state index contributed by atoms with van der Waals surface area (Å²) in [5.41, 5.74) is 1.74. The molecule has 0 aromatic heterocycles. The zero-order valence-electron chi connectivity index (χ0n) is 12.3. The number of phenolic OH excluding ortho intramolecular Hbond substituents is 1. The maximum atomic E-state index is 11.6. The normalized spacial score (nSPS) is 12.5. The van der Waals surface area contributed by atoms with Gasteiger partial charge in [-0.15, -0.1) is 0 Å². The number of phenols is 1. The van der Waals surface area contributed by atoms with Gasteiger partial charge in [-0.1, -0.05) is 45.9 Å².